The van der Waals surface area contributed by atoms with E-state index in [2.05, 4.69) is 19.2 Å². The monoisotopic (exact) mass is 284 g/mol. The van der Waals surface area contributed by atoms with Crippen LogP contribution < -0.4 is 5.32 Å². The second-order valence-corrected chi connectivity index (χ2v) is 6.20. The van der Waals surface area contributed by atoms with Gasteiger partial charge >= 0.3 is 12.0 Å². The molecular formula is C14H24N2O4. The fourth-order valence-corrected chi connectivity index (χ4v) is 3.18. The lowest BCUT2D eigenvalue weighted by Crippen LogP contribution is -2.48. The van der Waals surface area contributed by atoms with Crippen LogP contribution in [0.3, 0.4) is 0 Å². The minimum absolute atomic E-state index is 0.0641. The van der Waals surface area contributed by atoms with E-state index in [4.69, 9.17) is 9.84 Å². The summed E-state index contributed by atoms with van der Waals surface area (Å²) in [6, 6.07) is -0.0641. The Morgan fingerprint density at radius 2 is 1.90 bits per heavy atom. The molecule has 6 nitrogen and oxygen atoms in total. The topological polar surface area (TPSA) is 78.9 Å². The fraction of sp³-hybridized carbons (Fsp3) is 0.857. The first-order chi connectivity index (χ1) is 9.45. The van der Waals surface area contributed by atoms with Crippen molar-refractivity contribution in [3.05, 3.63) is 0 Å². The minimum atomic E-state index is -0.919. The summed E-state index contributed by atoms with van der Waals surface area (Å²) in [5.74, 6) is 0.143. The van der Waals surface area contributed by atoms with Crippen molar-refractivity contribution in [3.63, 3.8) is 0 Å². The second kappa shape index (κ2) is 6.43. The molecule has 0 aliphatic carbocycles. The van der Waals surface area contributed by atoms with Crippen LogP contribution in [0.1, 0.15) is 33.1 Å². The smallest absolute Gasteiger partial charge is 0.332 e. The summed E-state index contributed by atoms with van der Waals surface area (Å²) in [5, 5.41) is 11.7. The molecule has 0 spiro atoms. The molecule has 2 aliphatic rings. The number of carbonyl (C=O) groups is 2. The average molecular weight is 284 g/mol. The molecule has 2 fully saturated rings. The summed E-state index contributed by atoms with van der Waals surface area (Å²) in [6.07, 6.45) is 1.47. The molecule has 0 aromatic carbocycles. The third kappa shape index (κ3) is 3.85. The molecule has 0 aromatic heterocycles. The molecule has 0 radical (unpaired) electrons. The van der Waals surface area contributed by atoms with E-state index in [0.29, 0.717) is 31.2 Å². The van der Waals surface area contributed by atoms with Gasteiger partial charge in [-0.3, -0.25) is 0 Å². The number of amides is 2. The van der Waals surface area contributed by atoms with E-state index in [1.807, 2.05) is 4.90 Å². The lowest BCUT2D eigenvalue weighted by Gasteiger charge is -2.35. The molecule has 20 heavy (non-hydrogen) atoms. The number of nitrogens with zero attached hydrogens (tertiary/aromatic N) is 1. The zero-order valence-electron chi connectivity index (χ0n) is 12.2. The SMILES string of the molecule is CC1CC(C)CN(C(=O)NCC2CCC(C(=O)O)O2)C1. The van der Waals surface area contributed by atoms with Gasteiger partial charge in [0.05, 0.1) is 6.10 Å². The van der Waals surface area contributed by atoms with Crippen LogP contribution in [-0.2, 0) is 9.53 Å². The van der Waals surface area contributed by atoms with E-state index in [0.717, 1.165) is 19.5 Å². The zero-order valence-corrected chi connectivity index (χ0v) is 12.2. The van der Waals surface area contributed by atoms with Gasteiger partial charge in [-0.1, -0.05) is 13.8 Å². The van der Waals surface area contributed by atoms with Crippen LogP contribution in [0.2, 0.25) is 0 Å². The summed E-state index contributed by atoms with van der Waals surface area (Å²) in [6.45, 7) is 6.29. The van der Waals surface area contributed by atoms with E-state index in [9.17, 15) is 9.59 Å². The number of likely N-dealkylation sites (tertiary alicyclic amines) is 1. The van der Waals surface area contributed by atoms with Crippen LogP contribution >= 0.6 is 0 Å². The van der Waals surface area contributed by atoms with Crippen LogP contribution in [0.5, 0.6) is 0 Å². The first-order valence-corrected chi connectivity index (χ1v) is 7.36. The van der Waals surface area contributed by atoms with Gasteiger partial charge in [-0.25, -0.2) is 9.59 Å². The summed E-state index contributed by atoms with van der Waals surface area (Å²) >= 11 is 0. The number of carboxylic acids is 1. The lowest BCUT2D eigenvalue weighted by atomic mass is 9.92. The van der Waals surface area contributed by atoms with E-state index in [1.165, 1.54) is 0 Å². The summed E-state index contributed by atoms with van der Waals surface area (Å²) in [4.78, 5) is 24.7. The van der Waals surface area contributed by atoms with E-state index in [-0.39, 0.29) is 12.1 Å². The van der Waals surface area contributed by atoms with E-state index < -0.39 is 12.1 Å². The Balaban J connectivity index is 1.74. The molecule has 0 bridgehead atoms. The molecule has 2 heterocycles. The molecule has 0 saturated carbocycles. The van der Waals surface area contributed by atoms with Crippen LogP contribution in [0.4, 0.5) is 4.79 Å². The lowest BCUT2D eigenvalue weighted by molar-refractivity contribution is -0.149. The number of carboxylic acid groups (broad SMARTS) is 1. The van der Waals surface area contributed by atoms with Crippen LogP contribution in [0.25, 0.3) is 0 Å². The van der Waals surface area contributed by atoms with Crippen molar-refractivity contribution < 1.29 is 19.4 Å². The fourth-order valence-electron chi connectivity index (χ4n) is 3.18. The quantitative estimate of drug-likeness (QED) is 0.819. The molecule has 114 valence electrons. The van der Waals surface area contributed by atoms with Gasteiger partial charge in [-0.2, -0.15) is 0 Å². The summed E-state index contributed by atoms with van der Waals surface area (Å²) in [7, 11) is 0. The highest BCUT2D eigenvalue weighted by atomic mass is 16.5. The van der Waals surface area contributed by atoms with Crippen molar-refractivity contribution in [2.75, 3.05) is 19.6 Å². The molecule has 2 N–H and O–H groups in total. The number of piperidine rings is 1. The highest BCUT2D eigenvalue weighted by Gasteiger charge is 2.31. The number of nitrogens with one attached hydrogen (secondary N) is 1. The summed E-state index contributed by atoms with van der Waals surface area (Å²) < 4.78 is 5.37. The van der Waals surface area contributed by atoms with Gasteiger partial charge in [0, 0.05) is 19.6 Å². The molecule has 2 aliphatic heterocycles. The maximum absolute atomic E-state index is 12.1. The minimum Gasteiger partial charge on any atom is -0.479 e. The van der Waals surface area contributed by atoms with Crippen LogP contribution in [0, 0.1) is 11.8 Å². The maximum atomic E-state index is 12.1. The highest BCUT2D eigenvalue weighted by Crippen LogP contribution is 2.21. The first kappa shape index (κ1) is 15.1. The normalized spacial score (nSPS) is 34.0. The van der Waals surface area contributed by atoms with E-state index in [1.54, 1.807) is 0 Å². The van der Waals surface area contributed by atoms with Gasteiger partial charge in [-0.15, -0.1) is 0 Å². The number of hydrogen-bond donors (Lipinski definition) is 2. The van der Waals surface area contributed by atoms with Gasteiger partial charge in [0.25, 0.3) is 0 Å². The third-order valence-electron chi connectivity index (χ3n) is 4.02. The molecule has 2 saturated heterocycles. The Bertz CT molecular complexity index is 364. The van der Waals surface area contributed by atoms with Gasteiger partial charge < -0.3 is 20.1 Å². The zero-order chi connectivity index (χ0) is 14.7. The van der Waals surface area contributed by atoms with Crippen molar-refractivity contribution in [2.45, 2.75) is 45.3 Å². The Morgan fingerprint density at radius 3 is 2.45 bits per heavy atom. The first-order valence-electron chi connectivity index (χ1n) is 7.36. The molecule has 2 rings (SSSR count). The van der Waals surface area contributed by atoms with Crippen LogP contribution in [-0.4, -0.2) is 53.8 Å². The Hall–Kier alpha value is -1.30. The van der Waals surface area contributed by atoms with Gasteiger partial charge in [0.1, 0.15) is 0 Å². The second-order valence-electron chi connectivity index (χ2n) is 6.20. The number of ether oxygens (including phenoxy) is 1. The van der Waals surface area contributed by atoms with Crippen LogP contribution in [0.15, 0.2) is 0 Å². The van der Waals surface area contributed by atoms with Crippen molar-refractivity contribution in [1.29, 1.82) is 0 Å². The number of urea groups is 1. The molecular weight excluding hydrogens is 260 g/mol. The Morgan fingerprint density at radius 1 is 1.25 bits per heavy atom. The van der Waals surface area contributed by atoms with Gasteiger partial charge in [0.2, 0.25) is 0 Å². The molecule has 4 atom stereocenters. The highest BCUT2D eigenvalue weighted by molar-refractivity contribution is 5.74. The molecule has 4 unspecified atom stereocenters. The predicted octanol–water partition coefficient (Wildman–Crippen LogP) is 1.31. The largest absolute Gasteiger partial charge is 0.479 e. The number of rotatable bonds is 3. The van der Waals surface area contributed by atoms with Gasteiger partial charge in [-0.05, 0) is 31.1 Å². The predicted molar refractivity (Wildman–Crippen MR) is 73.4 cm³/mol. The third-order valence-corrected chi connectivity index (χ3v) is 4.02. The summed E-state index contributed by atoms with van der Waals surface area (Å²) in [5.41, 5.74) is 0. The Labute approximate surface area is 119 Å². The molecule has 6 heteroatoms. The van der Waals surface area contributed by atoms with E-state index >= 15 is 0 Å². The van der Waals surface area contributed by atoms with Crippen molar-refractivity contribution in [2.24, 2.45) is 11.8 Å². The number of hydrogen-bond acceptors (Lipinski definition) is 3. The van der Waals surface area contributed by atoms with Crippen molar-refractivity contribution in [3.8, 4) is 0 Å². The standard InChI is InChI=1S/C14H24N2O4/c1-9-5-10(2)8-16(7-9)14(19)15-6-11-3-4-12(20-11)13(17)18/h9-12H,3-8H2,1-2H3,(H,15,19)(H,17,18). The Kier molecular flexibility index (Phi) is 4.86. The number of aliphatic carboxylic acids is 1. The average Bonchev–Trinajstić information content (AvgIpc) is 2.83. The molecule has 0 aromatic rings. The van der Waals surface area contributed by atoms with Crippen molar-refractivity contribution >= 4 is 12.0 Å². The van der Waals surface area contributed by atoms with Crippen molar-refractivity contribution in [1.82, 2.24) is 10.2 Å². The molecule has 2 amide bonds. The van der Waals surface area contributed by atoms with Gasteiger partial charge in [0.15, 0.2) is 6.10 Å². The maximum Gasteiger partial charge on any atom is 0.332 e. The number of carbonyl (C=O) groups excluding carboxylic acids is 1.